The van der Waals surface area contributed by atoms with Crippen molar-refractivity contribution in [3.05, 3.63) is 46.2 Å². The number of amides is 1. The SMILES string of the molecule is N#C/C(=C/Nc1ccc([N+](=O)[O-])cc1)C(=O)N1CCNCC1. The first-order valence-corrected chi connectivity index (χ1v) is 6.73. The molecule has 1 amide bonds. The minimum absolute atomic E-state index is 0.000234. The largest absolute Gasteiger partial charge is 0.360 e. The van der Waals surface area contributed by atoms with Crippen LogP contribution < -0.4 is 10.6 Å². The number of hydrogen-bond acceptors (Lipinski definition) is 6. The van der Waals surface area contributed by atoms with Gasteiger partial charge in [0.05, 0.1) is 4.92 Å². The fraction of sp³-hybridized carbons (Fsp3) is 0.286. The second kappa shape index (κ2) is 7.19. The van der Waals surface area contributed by atoms with Crippen LogP contribution >= 0.6 is 0 Å². The zero-order chi connectivity index (χ0) is 15.9. The first-order valence-electron chi connectivity index (χ1n) is 6.73. The van der Waals surface area contributed by atoms with Crippen LogP contribution in [0.3, 0.4) is 0 Å². The lowest BCUT2D eigenvalue weighted by atomic mass is 10.2. The van der Waals surface area contributed by atoms with Crippen LogP contribution in [0.4, 0.5) is 11.4 Å². The number of benzene rings is 1. The molecule has 1 aliphatic rings. The normalized spacial score (nSPS) is 15.0. The van der Waals surface area contributed by atoms with Crippen LogP contribution in [0.2, 0.25) is 0 Å². The number of rotatable bonds is 4. The van der Waals surface area contributed by atoms with Gasteiger partial charge in [-0.3, -0.25) is 14.9 Å². The molecule has 22 heavy (non-hydrogen) atoms. The molecular weight excluding hydrogens is 286 g/mol. The number of nitro groups is 1. The van der Waals surface area contributed by atoms with E-state index in [0.717, 1.165) is 0 Å². The molecule has 0 bridgehead atoms. The van der Waals surface area contributed by atoms with Gasteiger partial charge in [-0.05, 0) is 12.1 Å². The summed E-state index contributed by atoms with van der Waals surface area (Å²) in [7, 11) is 0. The Hall–Kier alpha value is -2.92. The number of nitro benzene ring substituents is 1. The molecule has 0 unspecified atom stereocenters. The quantitative estimate of drug-likeness (QED) is 0.369. The molecule has 0 saturated carbocycles. The Morgan fingerprint density at radius 3 is 2.55 bits per heavy atom. The van der Waals surface area contributed by atoms with E-state index in [2.05, 4.69) is 10.6 Å². The number of carbonyl (C=O) groups excluding carboxylic acids is 1. The summed E-state index contributed by atoms with van der Waals surface area (Å²) in [5.74, 6) is -0.321. The summed E-state index contributed by atoms with van der Waals surface area (Å²) in [4.78, 5) is 23.9. The standard InChI is InChI=1S/C14H15N5O3/c15-9-11(14(20)18-7-5-16-6-8-18)10-17-12-1-3-13(4-2-12)19(21)22/h1-4,10,16-17H,5-8H2/b11-10-. The zero-order valence-corrected chi connectivity index (χ0v) is 11.8. The molecule has 114 valence electrons. The maximum atomic E-state index is 12.2. The maximum absolute atomic E-state index is 12.2. The molecule has 0 spiro atoms. The summed E-state index contributed by atoms with van der Waals surface area (Å²) in [6.45, 7) is 2.55. The number of piperazine rings is 1. The van der Waals surface area contributed by atoms with E-state index in [1.807, 2.05) is 6.07 Å². The highest BCUT2D eigenvalue weighted by Gasteiger charge is 2.19. The number of nitrogens with one attached hydrogen (secondary N) is 2. The predicted molar refractivity (Wildman–Crippen MR) is 79.9 cm³/mol. The third-order valence-corrected chi connectivity index (χ3v) is 3.22. The van der Waals surface area contributed by atoms with E-state index < -0.39 is 4.92 Å². The van der Waals surface area contributed by atoms with E-state index in [1.165, 1.54) is 30.5 Å². The van der Waals surface area contributed by atoms with Crippen LogP contribution in [0.1, 0.15) is 0 Å². The monoisotopic (exact) mass is 301 g/mol. The molecule has 0 aromatic heterocycles. The van der Waals surface area contributed by atoms with Gasteiger partial charge in [0.15, 0.2) is 0 Å². The van der Waals surface area contributed by atoms with Crippen molar-refractivity contribution in [3.63, 3.8) is 0 Å². The molecule has 0 atom stereocenters. The fourth-order valence-corrected chi connectivity index (χ4v) is 2.01. The van der Waals surface area contributed by atoms with Crippen molar-refractivity contribution in [1.82, 2.24) is 10.2 Å². The summed E-state index contributed by atoms with van der Waals surface area (Å²) in [5, 5.41) is 25.6. The lowest BCUT2D eigenvalue weighted by Crippen LogP contribution is -2.46. The van der Waals surface area contributed by atoms with Crippen molar-refractivity contribution < 1.29 is 9.72 Å². The lowest BCUT2D eigenvalue weighted by Gasteiger charge is -2.27. The third kappa shape index (κ3) is 3.80. The molecule has 1 aliphatic heterocycles. The topological polar surface area (TPSA) is 111 Å². The summed E-state index contributed by atoms with van der Waals surface area (Å²) >= 11 is 0. The lowest BCUT2D eigenvalue weighted by molar-refractivity contribution is -0.384. The number of carbonyl (C=O) groups is 1. The van der Waals surface area contributed by atoms with Crippen molar-refractivity contribution in [2.24, 2.45) is 0 Å². The van der Waals surface area contributed by atoms with Crippen molar-refractivity contribution in [2.75, 3.05) is 31.5 Å². The van der Waals surface area contributed by atoms with E-state index in [9.17, 15) is 14.9 Å². The second-order valence-corrected chi connectivity index (χ2v) is 4.66. The number of hydrogen-bond donors (Lipinski definition) is 2. The Morgan fingerprint density at radius 1 is 1.36 bits per heavy atom. The molecule has 2 N–H and O–H groups in total. The van der Waals surface area contributed by atoms with Gasteiger partial charge in [-0.25, -0.2) is 0 Å². The third-order valence-electron chi connectivity index (χ3n) is 3.22. The summed E-state index contributed by atoms with van der Waals surface area (Å²) in [6, 6.07) is 7.60. The summed E-state index contributed by atoms with van der Waals surface area (Å²) in [6.07, 6.45) is 1.32. The Labute approximate surface area is 127 Å². The van der Waals surface area contributed by atoms with Gasteiger partial charge in [0.2, 0.25) is 0 Å². The minimum Gasteiger partial charge on any atom is -0.360 e. The molecule has 1 heterocycles. The van der Waals surface area contributed by atoms with Crippen molar-refractivity contribution >= 4 is 17.3 Å². The molecular formula is C14H15N5O3. The van der Waals surface area contributed by atoms with E-state index in [1.54, 1.807) is 4.90 Å². The predicted octanol–water partition coefficient (Wildman–Crippen LogP) is 0.846. The highest BCUT2D eigenvalue weighted by molar-refractivity contribution is 5.97. The van der Waals surface area contributed by atoms with Gasteiger partial charge in [0.1, 0.15) is 11.6 Å². The van der Waals surface area contributed by atoms with Gasteiger partial charge >= 0.3 is 0 Å². The molecule has 8 heteroatoms. The van der Waals surface area contributed by atoms with Crippen molar-refractivity contribution in [3.8, 4) is 6.07 Å². The highest BCUT2D eigenvalue weighted by atomic mass is 16.6. The number of anilines is 1. The number of non-ortho nitro benzene ring substituents is 1. The van der Waals surface area contributed by atoms with Gasteiger partial charge < -0.3 is 15.5 Å². The Balaban J connectivity index is 2.04. The zero-order valence-electron chi connectivity index (χ0n) is 11.8. The first-order chi connectivity index (χ1) is 10.6. The van der Waals surface area contributed by atoms with Gasteiger partial charge in [0.25, 0.3) is 11.6 Å². The van der Waals surface area contributed by atoms with E-state index >= 15 is 0 Å². The van der Waals surface area contributed by atoms with Gasteiger partial charge in [-0.2, -0.15) is 5.26 Å². The molecule has 0 radical (unpaired) electrons. The fourth-order valence-electron chi connectivity index (χ4n) is 2.01. The Kier molecular flexibility index (Phi) is 5.06. The first kappa shape index (κ1) is 15.5. The van der Waals surface area contributed by atoms with Gasteiger partial charge in [-0.15, -0.1) is 0 Å². The Bertz CT molecular complexity index is 627. The molecule has 1 saturated heterocycles. The van der Waals surface area contributed by atoms with Gasteiger partial charge in [-0.1, -0.05) is 0 Å². The number of nitrogens with zero attached hydrogens (tertiary/aromatic N) is 3. The van der Waals surface area contributed by atoms with E-state index in [-0.39, 0.29) is 17.2 Å². The van der Waals surface area contributed by atoms with Crippen molar-refractivity contribution in [1.29, 1.82) is 5.26 Å². The highest BCUT2D eigenvalue weighted by Crippen LogP contribution is 2.15. The average Bonchev–Trinajstić information content (AvgIpc) is 2.56. The van der Waals surface area contributed by atoms with Crippen LogP contribution in [0.15, 0.2) is 36.0 Å². The van der Waals surface area contributed by atoms with Gasteiger partial charge in [0, 0.05) is 50.2 Å². The summed E-state index contributed by atoms with van der Waals surface area (Å²) in [5.41, 5.74) is 0.540. The van der Waals surface area contributed by atoms with E-state index in [4.69, 9.17) is 5.26 Å². The van der Waals surface area contributed by atoms with Crippen LogP contribution in [0.5, 0.6) is 0 Å². The minimum atomic E-state index is -0.492. The molecule has 0 aliphatic carbocycles. The number of nitriles is 1. The maximum Gasteiger partial charge on any atom is 0.269 e. The van der Waals surface area contributed by atoms with E-state index in [0.29, 0.717) is 31.9 Å². The summed E-state index contributed by atoms with van der Waals surface area (Å²) < 4.78 is 0. The molecule has 1 aromatic rings. The molecule has 8 nitrogen and oxygen atoms in total. The molecule has 1 fully saturated rings. The molecule has 2 rings (SSSR count). The smallest absolute Gasteiger partial charge is 0.269 e. The Morgan fingerprint density at radius 2 is 2.00 bits per heavy atom. The van der Waals surface area contributed by atoms with Crippen LogP contribution in [-0.4, -0.2) is 41.9 Å². The average molecular weight is 301 g/mol. The second-order valence-electron chi connectivity index (χ2n) is 4.66. The molecule has 1 aromatic carbocycles. The van der Waals surface area contributed by atoms with Crippen LogP contribution in [0.25, 0.3) is 0 Å². The van der Waals surface area contributed by atoms with Crippen molar-refractivity contribution in [2.45, 2.75) is 0 Å². The van der Waals surface area contributed by atoms with Crippen LogP contribution in [0, 0.1) is 21.4 Å². The van der Waals surface area contributed by atoms with Crippen LogP contribution in [-0.2, 0) is 4.79 Å².